The summed E-state index contributed by atoms with van der Waals surface area (Å²) in [4.78, 5) is 29.1. The van der Waals surface area contributed by atoms with Gasteiger partial charge < -0.3 is 0 Å². The zero-order chi connectivity index (χ0) is 20.5. The molecule has 0 amide bonds. The molecule has 4 aromatic rings. The molecule has 146 valence electrons. The molecule has 2 N–H and O–H groups in total. The van der Waals surface area contributed by atoms with E-state index in [2.05, 4.69) is 31.3 Å². The van der Waals surface area contributed by atoms with Crippen molar-refractivity contribution in [3.8, 4) is 0 Å². The maximum atomic E-state index is 12.7. The lowest BCUT2D eigenvalue weighted by molar-refractivity contribution is 0.974. The molecule has 0 fully saturated rings. The first kappa shape index (κ1) is 18.8. The van der Waals surface area contributed by atoms with Gasteiger partial charge in [-0.1, -0.05) is 35.9 Å². The van der Waals surface area contributed by atoms with Crippen LogP contribution in [-0.2, 0) is 6.42 Å². The number of H-pyrrole nitrogens is 1. The number of nitrogens with one attached hydrogen (secondary N) is 2. The number of nitrogens with zero attached hydrogens (tertiary/aromatic N) is 3. The van der Waals surface area contributed by atoms with Crippen LogP contribution in [0.15, 0.2) is 47.3 Å². The second-order valence-corrected chi connectivity index (χ2v) is 7.36. The molecule has 0 aliphatic rings. The fourth-order valence-electron chi connectivity index (χ4n) is 3.43. The van der Waals surface area contributed by atoms with Crippen LogP contribution >= 0.6 is 0 Å². The molecule has 2 aromatic heterocycles. The molecule has 0 aliphatic heterocycles. The molecule has 0 radical (unpaired) electrons. The third-order valence-electron chi connectivity index (χ3n) is 5.12. The SMILES string of the molecule is Cc1ccc2nc(Nc3nc(C)c(Cc4ccccc4C)c(=O)[nH]3)nc(C)c2c1. The van der Waals surface area contributed by atoms with Gasteiger partial charge in [-0.25, -0.2) is 15.0 Å². The van der Waals surface area contributed by atoms with Gasteiger partial charge in [0, 0.05) is 17.4 Å². The van der Waals surface area contributed by atoms with Gasteiger partial charge in [0.1, 0.15) is 0 Å². The Labute approximate surface area is 169 Å². The van der Waals surface area contributed by atoms with Crippen LogP contribution in [0, 0.1) is 27.7 Å². The minimum Gasteiger partial charge on any atom is -0.294 e. The normalized spacial score (nSPS) is 11.0. The highest BCUT2D eigenvalue weighted by Crippen LogP contribution is 2.20. The summed E-state index contributed by atoms with van der Waals surface area (Å²) in [6.45, 7) is 7.88. The van der Waals surface area contributed by atoms with E-state index in [1.54, 1.807) is 0 Å². The van der Waals surface area contributed by atoms with Gasteiger partial charge in [-0.15, -0.1) is 0 Å². The van der Waals surface area contributed by atoms with Crippen LogP contribution in [-0.4, -0.2) is 19.9 Å². The fraction of sp³-hybridized carbons (Fsp3) is 0.217. The Bertz CT molecular complexity index is 1280. The number of anilines is 2. The summed E-state index contributed by atoms with van der Waals surface area (Å²) in [6, 6.07) is 14.1. The van der Waals surface area contributed by atoms with Gasteiger partial charge in [0.25, 0.3) is 5.56 Å². The number of aromatic amines is 1. The van der Waals surface area contributed by atoms with Crippen LogP contribution in [0.3, 0.4) is 0 Å². The second kappa shape index (κ2) is 7.47. The molecular weight excluding hydrogens is 362 g/mol. The van der Waals surface area contributed by atoms with E-state index in [0.717, 1.165) is 33.3 Å². The Balaban J connectivity index is 1.65. The minimum absolute atomic E-state index is 0.156. The molecule has 0 saturated carbocycles. The van der Waals surface area contributed by atoms with Gasteiger partial charge in [-0.2, -0.15) is 0 Å². The maximum Gasteiger partial charge on any atom is 0.256 e. The molecule has 0 atom stereocenters. The van der Waals surface area contributed by atoms with Crippen molar-refractivity contribution in [1.82, 2.24) is 19.9 Å². The summed E-state index contributed by atoms with van der Waals surface area (Å²) >= 11 is 0. The topological polar surface area (TPSA) is 83.6 Å². The average Bonchev–Trinajstić information content (AvgIpc) is 2.67. The molecule has 0 bridgehead atoms. The Kier molecular flexibility index (Phi) is 4.84. The molecule has 4 rings (SSSR count). The zero-order valence-electron chi connectivity index (χ0n) is 17.0. The van der Waals surface area contributed by atoms with Gasteiger partial charge >= 0.3 is 0 Å². The molecule has 2 aromatic carbocycles. The predicted molar refractivity (Wildman–Crippen MR) is 116 cm³/mol. The summed E-state index contributed by atoms with van der Waals surface area (Å²) in [5, 5.41) is 4.06. The van der Waals surface area contributed by atoms with Crippen LogP contribution in [0.1, 0.15) is 33.6 Å². The number of benzene rings is 2. The van der Waals surface area contributed by atoms with Crippen LogP contribution in [0.2, 0.25) is 0 Å². The Morgan fingerprint density at radius 3 is 2.48 bits per heavy atom. The number of aromatic nitrogens is 4. The van der Waals surface area contributed by atoms with E-state index in [1.807, 2.05) is 64.1 Å². The van der Waals surface area contributed by atoms with E-state index < -0.39 is 0 Å². The van der Waals surface area contributed by atoms with Crippen molar-refractivity contribution in [2.45, 2.75) is 34.1 Å². The predicted octanol–water partition coefficient (Wildman–Crippen LogP) is 4.28. The van der Waals surface area contributed by atoms with E-state index in [1.165, 1.54) is 0 Å². The number of fused-ring (bicyclic) bond motifs is 1. The van der Waals surface area contributed by atoms with E-state index in [4.69, 9.17) is 0 Å². The standard InChI is InChI=1S/C23H23N5O/c1-13-9-10-20-18(11-13)15(3)24-22(26-20)28-23-25-16(4)19(21(29)27-23)12-17-8-6-5-7-14(17)2/h5-11H,12H2,1-4H3,(H2,24,25,26,27,28,29). The van der Waals surface area contributed by atoms with Crippen LogP contribution in [0.4, 0.5) is 11.9 Å². The number of hydrogen-bond acceptors (Lipinski definition) is 5. The minimum atomic E-state index is -0.156. The van der Waals surface area contributed by atoms with Crippen molar-refractivity contribution in [2.75, 3.05) is 5.32 Å². The van der Waals surface area contributed by atoms with E-state index in [-0.39, 0.29) is 5.56 Å². The summed E-state index contributed by atoms with van der Waals surface area (Å²) in [5.74, 6) is 0.750. The fourth-order valence-corrected chi connectivity index (χ4v) is 3.43. The van der Waals surface area contributed by atoms with Crippen LogP contribution < -0.4 is 10.9 Å². The van der Waals surface area contributed by atoms with Crippen molar-refractivity contribution >= 4 is 22.8 Å². The highest BCUT2D eigenvalue weighted by Gasteiger charge is 2.12. The lowest BCUT2D eigenvalue weighted by Gasteiger charge is -2.11. The van der Waals surface area contributed by atoms with Crippen LogP contribution in [0.25, 0.3) is 10.9 Å². The van der Waals surface area contributed by atoms with Crippen molar-refractivity contribution in [3.63, 3.8) is 0 Å². The molecule has 0 aliphatic carbocycles. The third kappa shape index (κ3) is 3.87. The van der Waals surface area contributed by atoms with Gasteiger partial charge in [-0.3, -0.25) is 15.1 Å². The van der Waals surface area contributed by atoms with Crippen LogP contribution in [0.5, 0.6) is 0 Å². The van der Waals surface area contributed by atoms with Crippen molar-refractivity contribution < 1.29 is 0 Å². The Morgan fingerprint density at radius 1 is 0.931 bits per heavy atom. The molecule has 0 saturated heterocycles. The molecular formula is C23H23N5O. The Morgan fingerprint density at radius 2 is 1.72 bits per heavy atom. The highest BCUT2D eigenvalue weighted by atomic mass is 16.1. The second-order valence-electron chi connectivity index (χ2n) is 7.36. The molecule has 0 spiro atoms. The summed E-state index contributed by atoms with van der Waals surface area (Å²) in [6.07, 6.45) is 0.548. The average molecular weight is 385 g/mol. The molecule has 0 unspecified atom stereocenters. The molecule has 6 heteroatoms. The van der Waals surface area contributed by atoms with E-state index in [0.29, 0.717) is 29.6 Å². The van der Waals surface area contributed by atoms with Gasteiger partial charge in [0.2, 0.25) is 11.9 Å². The van der Waals surface area contributed by atoms with E-state index in [9.17, 15) is 4.79 Å². The summed E-state index contributed by atoms with van der Waals surface area (Å²) in [7, 11) is 0. The lowest BCUT2D eigenvalue weighted by Crippen LogP contribution is -2.19. The quantitative estimate of drug-likeness (QED) is 0.548. The number of hydrogen-bond donors (Lipinski definition) is 2. The first-order valence-corrected chi connectivity index (χ1v) is 9.57. The largest absolute Gasteiger partial charge is 0.294 e. The summed E-state index contributed by atoms with van der Waals surface area (Å²) < 4.78 is 0. The van der Waals surface area contributed by atoms with Gasteiger partial charge in [0.05, 0.1) is 16.9 Å². The molecule has 6 nitrogen and oxygen atoms in total. The third-order valence-corrected chi connectivity index (χ3v) is 5.12. The lowest BCUT2D eigenvalue weighted by atomic mass is 10.0. The Hall–Kier alpha value is -3.54. The number of rotatable bonds is 4. The maximum absolute atomic E-state index is 12.7. The van der Waals surface area contributed by atoms with Gasteiger partial charge in [-0.05, 0) is 51.0 Å². The smallest absolute Gasteiger partial charge is 0.256 e. The van der Waals surface area contributed by atoms with Gasteiger partial charge in [0.15, 0.2) is 0 Å². The van der Waals surface area contributed by atoms with E-state index >= 15 is 0 Å². The highest BCUT2D eigenvalue weighted by molar-refractivity contribution is 5.82. The molecule has 29 heavy (non-hydrogen) atoms. The summed E-state index contributed by atoms with van der Waals surface area (Å²) in [5.41, 5.74) is 6.35. The monoisotopic (exact) mass is 385 g/mol. The zero-order valence-corrected chi connectivity index (χ0v) is 17.0. The van der Waals surface area contributed by atoms with Crippen molar-refractivity contribution in [2.24, 2.45) is 0 Å². The number of aryl methyl sites for hydroxylation is 4. The van der Waals surface area contributed by atoms with Crippen molar-refractivity contribution in [1.29, 1.82) is 0 Å². The van der Waals surface area contributed by atoms with Crippen molar-refractivity contribution in [3.05, 3.63) is 86.5 Å². The first-order chi connectivity index (χ1) is 13.9. The molecule has 2 heterocycles. The first-order valence-electron chi connectivity index (χ1n) is 9.57.